The summed E-state index contributed by atoms with van der Waals surface area (Å²) in [5, 5.41) is -18.1. The first-order valence-corrected chi connectivity index (χ1v) is 50.5. The Kier molecular flexibility index (Phi) is 29.9. The van der Waals surface area contributed by atoms with Crippen LogP contribution in [0.5, 0.6) is 5.75 Å². The van der Waals surface area contributed by atoms with Crippen molar-refractivity contribution in [2.45, 2.75) is 147 Å². The van der Waals surface area contributed by atoms with Gasteiger partial charge in [0, 0.05) is 4.90 Å². The van der Waals surface area contributed by atoms with Gasteiger partial charge in [0.05, 0.1) is 134 Å². The van der Waals surface area contributed by atoms with Gasteiger partial charge in [-0.3, -0.25) is 9.11 Å². The Balaban J connectivity index is 0.000000296. The summed E-state index contributed by atoms with van der Waals surface area (Å²) in [6, 6.07) is 38.8. The lowest BCUT2D eigenvalue weighted by atomic mass is 10.2. The predicted octanol–water partition coefficient (Wildman–Crippen LogP) is 14.3. The first-order valence-electron chi connectivity index (χ1n) is 35.0. The summed E-state index contributed by atoms with van der Waals surface area (Å²) in [5.74, 6) is -1.58. The Morgan fingerprint density at radius 1 is 0.279 bits per heavy atom. The van der Waals surface area contributed by atoms with Crippen LogP contribution in [-0.2, 0) is 98.9 Å². The van der Waals surface area contributed by atoms with Crippen LogP contribution in [0.3, 0.4) is 0 Å². The molecule has 122 heavy (non-hydrogen) atoms. The molecule has 0 fully saturated rings. The molecule has 0 bridgehead atoms. The third-order valence-electron chi connectivity index (χ3n) is 17.8. The average molecular weight is 1920 g/mol. The van der Waals surface area contributed by atoms with E-state index in [4.69, 9.17) is 9.11 Å². The van der Waals surface area contributed by atoms with Crippen LogP contribution in [0.25, 0.3) is 0 Å². The molecule has 25 nitrogen and oxygen atoms in total. The van der Waals surface area contributed by atoms with Gasteiger partial charge in [-0.05, 0) is 235 Å². The summed E-state index contributed by atoms with van der Waals surface area (Å²) >= 11 is -1.25. The molecule has 0 spiro atoms. The molecule has 0 aliphatic rings. The summed E-state index contributed by atoms with van der Waals surface area (Å²) in [4.78, 5) is -10.1. The van der Waals surface area contributed by atoms with Crippen LogP contribution in [0, 0.1) is 27.7 Å². The summed E-state index contributed by atoms with van der Waals surface area (Å²) in [6.07, 6.45) is -6.08. The van der Waals surface area contributed by atoms with Gasteiger partial charge in [-0.15, -0.1) is 0 Å². The summed E-state index contributed by atoms with van der Waals surface area (Å²) in [7, 11) is -36.9. The molecule has 0 saturated heterocycles. The maximum absolute atomic E-state index is 14.7. The fourth-order valence-corrected chi connectivity index (χ4v) is 22.4. The molecular weight excluding hydrogens is 1840 g/mol. The van der Waals surface area contributed by atoms with Crippen LogP contribution in [0.4, 0.5) is 35.1 Å². The lowest BCUT2D eigenvalue weighted by molar-refractivity contribution is -0.868. The SMILES string of the molecule is CC[N+](C)(C)C.CC[N+](C)(C)C.Cc1ccc(S(=O)(=O)c2ccc(S(=O)(=O)c3ccc(S(=O)(=O)c4cc(OC(F)(F)C(F)(F)S(=O)(=O)O)cc(S(=O)(=O)c5ccc(C)cc5)c4)cc3)cc2)cc1.Cc1ccc(S(=O)(=O)c2ccc(S(=O)(=O)c3ccc(S(=O)(=O)c4ccc(SC(F)(F)C(F)(F)S(=O)(=O)O)c(S(=O)(=O)c5ccc(C)cc5)c4)cc3)cc2)cc1. The van der Waals surface area contributed by atoms with Gasteiger partial charge in [0.25, 0.3) is 0 Å². The number of quaternary nitrogens is 2. The van der Waals surface area contributed by atoms with Crippen molar-refractivity contribution in [3.63, 3.8) is 0 Å². The van der Waals surface area contributed by atoms with Gasteiger partial charge in [-0.1, -0.05) is 70.8 Å². The minimum Gasteiger partial charge on any atom is -0.427 e. The zero-order chi connectivity index (χ0) is 92.4. The lowest BCUT2D eigenvalue weighted by Crippen LogP contribution is -2.50. The first-order chi connectivity index (χ1) is 55.6. The number of halogens is 8. The highest BCUT2D eigenvalue weighted by Gasteiger charge is 2.69. The van der Waals surface area contributed by atoms with E-state index in [0.29, 0.717) is 35.4 Å². The molecule has 0 aliphatic carbocycles. The molecule has 0 aliphatic heterocycles. The molecule has 0 saturated carbocycles. The average Bonchev–Trinajstić information content (AvgIpc) is 0.755. The molecule has 0 heterocycles. The topological polar surface area (TPSA) is 391 Å². The summed E-state index contributed by atoms with van der Waals surface area (Å²) < 4.78 is 397. The number of thioether (sulfide) groups is 1. The second-order valence-corrected chi connectivity index (χ2v) is 48.5. The maximum Gasteiger partial charge on any atom is 0.483 e. The lowest BCUT2D eigenvalue weighted by Gasteiger charge is -2.24. The van der Waals surface area contributed by atoms with Crippen molar-refractivity contribution in [1.29, 1.82) is 0 Å². The molecule has 44 heteroatoms. The van der Waals surface area contributed by atoms with Crippen molar-refractivity contribution in [1.82, 2.24) is 0 Å². The molecule has 10 aromatic rings. The molecule has 10 aromatic carbocycles. The Bertz CT molecular complexity index is 6760. The number of rotatable bonds is 26. The number of alkyl halides is 8. The van der Waals surface area contributed by atoms with Gasteiger partial charge in [-0.2, -0.15) is 52.0 Å². The minimum atomic E-state index is -6.83. The van der Waals surface area contributed by atoms with Crippen LogP contribution >= 0.6 is 11.8 Å². The standard InChI is InChI=1S/C34H26F4O12S5.C34H26F4O11S6.2C5H14N/c1-22-3-7-25(8-4-22)51(39,40)27-11-13-28(14-12-27)52(41,42)29-15-17-30(18-16-29)54(45,46)32-20-24(50-33(35,36)34(37,38)55(47,48)49)19-31(21-32)53(43,44)26-9-5-23(2)6-10-26;1-22-3-7-24(8-4-22)51(39,40)25-11-13-26(14-12-25)52(41,42)27-15-17-28(18-16-27)53(43,44)30-19-20-31(50-33(35,36)34(37,38)55(47,48)49)32(21-30)54(45,46)29-9-5-23(2)6-10-29;2*1-5-6(2,3)4/h2*3-21H,1-2H3,(H,47,48,49);2*5H2,1-4H3/q;;2*+1. The van der Waals surface area contributed by atoms with Gasteiger partial charge >= 0.3 is 42.1 Å². The minimum absolute atomic E-state index is 0.0181. The van der Waals surface area contributed by atoms with Crippen LogP contribution in [0.1, 0.15) is 36.1 Å². The summed E-state index contributed by atoms with van der Waals surface area (Å²) in [6.45, 7) is 13.5. The van der Waals surface area contributed by atoms with E-state index in [1.165, 1.54) is 61.6 Å². The van der Waals surface area contributed by atoms with E-state index < -0.39 is 192 Å². The molecule has 660 valence electrons. The smallest absolute Gasteiger partial charge is 0.427 e. The first kappa shape index (κ1) is 100. The molecule has 0 aromatic heterocycles. The van der Waals surface area contributed by atoms with Crippen molar-refractivity contribution >= 4 is 111 Å². The molecule has 10 rings (SSSR count). The van der Waals surface area contributed by atoms with Crippen LogP contribution in [0.2, 0.25) is 0 Å². The van der Waals surface area contributed by atoms with E-state index in [-0.39, 0.29) is 41.5 Å². The Hall–Kier alpha value is -8.87. The van der Waals surface area contributed by atoms with E-state index >= 15 is 0 Å². The predicted molar refractivity (Wildman–Crippen MR) is 433 cm³/mol. The Morgan fingerprint density at radius 3 is 0.680 bits per heavy atom. The zero-order valence-corrected chi connectivity index (χ0v) is 75.2. The largest absolute Gasteiger partial charge is 0.483 e. The molecule has 0 unspecified atom stereocenters. The fourth-order valence-electron chi connectivity index (χ4n) is 9.71. The summed E-state index contributed by atoms with van der Waals surface area (Å²) in [5.41, 5.74) is 2.77. The van der Waals surface area contributed by atoms with Crippen LogP contribution < -0.4 is 4.74 Å². The third-order valence-corrected chi connectivity index (χ3v) is 35.2. The number of sulfone groups is 8. The van der Waals surface area contributed by atoms with Gasteiger partial charge in [0.2, 0.25) is 78.7 Å². The monoisotopic (exact) mass is 1920 g/mol. The maximum atomic E-state index is 14.7. The van der Waals surface area contributed by atoms with Gasteiger partial charge in [0.1, 0.15) is 5.75 Å². The van der Waals surface area contributed by atoms with Gasteiger partial charge in [0.15, 0.2) is 0 Å². The fraction of sp³-hybridized carbons (Fsp3) is 0.231. The second-order valence-electron chi connectivity index (χ2n) is 28.8. The number of nitrogens with zero attached hydrogens (tertiary/aromatic N) is 2. The Labute approximate surface area is 707 Å². The van der Waals surface area contributed by atoms with Crippen molar-refractivity contribution < 1.29 is 142 Å². The zero-order valence-electron chi connectivity index (χ0n) is 66.2. The van der Waals surface area contributed by atoms with Crippen molar-refractivity contribution in [3.05, 3.63) is 253 Å². The number of ether oxygens (including phenoxy) is 1. The molecule has 0 atom stereocenters. The second kappa shape index (κ2) is 36.4. The van der Waals surface area contributed by atoms with E-state index in [9.17, 15) is 119 Å². The molecule has 0 amide bonds. The van der Waals surface area contributed by atoms with Gasteiger partial charge in [-0.25, -0.2) is 67.3 Å². The number of benzene rings is 10. The molecule has 0 radical (unpaired) electrons. The van der Waals surface area contributed by atoms with E-state index in [2.05, 4.69) is 60.9 Å². The third kappa shape index (κ3) is 22.6. The molecule has 2 N–H and O–H groups in total. The highest BCUT2D eigenvalue weighted by Crippen LogP contribution is 2.52. The van der Waals surface area contributed by atoms with Crippen molar-refractivity contribution in [2.24, 2.45) is 0 Å². The van der Waals surface area contributed by atoms with Crippen LogP contribution in [0.15, 0.2) is 314 Å². The number of aryl methyl sites for hydroxylation is 4. The van der Waals surface area contributed by atoms with Gasteiger partial charge < -0.3 is 13.7 Å². The Morgan fingerprint density at radius 2 is 0.467 bits per heavy atom. The normalized spacial score (nSPS) is 13.3. The van der Waals surface area contributed by atoms with E-state index in [1.54, 1.807) is 52.0 Å². The van der Waals surface area contributed by atoms with E-state index in [0.717, 1.165) is 141 Å². The van der Waals surface area contributed by atoms with Crippen molar-refractivity contribution in [2.75, 3.05) is 55.4 Å². The van der Waals surface area contributed by atoms with Crippen molar-refractivity contribution in [3.8, 4) is 5.75 Å². The highest BCUT2D eigenvalue weighted by atomic mass is 32.2. The number of hydrogen-bond acceptors (Lipinski definition) is 22. The highest BCUT2D eigenvalue weighted by molar-refractivity contribution is 8.02. The van der Waals surface area contributed by atoms with E-state index in [1.807, 2.05) is 0 Å². The van der Waals surface area contributed by atoms with Crippen LogP contribution in [-0.4, -0.2) is 179 Å². The number of hydrogen-bond donors (Lipinski definition) is 2. The quantitative estimate of drug-likeness (QED) is 0.0220. The molecular formula is C78H80F8N2O23S11+2.